The molecule has 6 heteroatoms. The van der Waals surface area contributed by atoms with Gasteiger partial charge in [0.25, 0.3) is 0 Å². The Morgan fingerprint density at radius 2 is 1.96 bits per heavy atom. The Bertz CT molecular complexity index is 883. The standard InChI is InChI=1S/C22H24N2O4/c1-28-18-8-7-16-9-10-23(14-17(16)11-18)19-12-20(22(26)27)24(21(19)25)13-15-5-3-2-4-6-15/h2-8,11,19-20H,9-10,12-14H2,1H3,(H,26,27)/t19-,20-/m1/s1. The highest BCUT2D eigenvalue weighted by Gasteiger charge is 2.46. The van der Waals surface area contributed by atoms with Crippen LogP contribution in [-0.4, -0.2) is 52.5 Å². The van der Waals surface area contributed by atoms with Crippen molar-refractivity contribution in [3.8, 4) is 5.75 Å². The van der Waals surface area contributed by atoms with E-state index in [0.29, 0.717) is 19.5 Å². The van der Waals surface area contributed by atoms with Gasteiger partial charge >= 0.3 is 5.97 Å². The third-order valence-corrected chi connectivity index (χ3v) is 5.77. The van der Waals surface area contributed by atoms with Crippen molar-refractivity contribution in [2.75, 3.05) is 13.7 Å². The Labute approximate surface area is 164 Å². The van der Waals surface area contributed by atoms with Crippen LogP contribution in [-0.2, 0) is 29.1 Å². The largest absolute Gasteiger partial charge is 0.497 e. The van der Waals surface area contributed by atoms with E-state index in [1.807, 2.05) is 42.5 Å². The quantitative estimate of drug-likeness (QED) is 0.862. The van der Waals surface area contributed by atoms with E-state index in [2.05, 4.69) is 11.0 Å². The zero-order valence-corrected chi connectivity index (χ0v) is 15.9. The van der Waals surface area contributed by atoms with Crippen molar-refractivity contribution in [2.45, 2.75) is 38.0 Å². The van der Waals surface area contributed by atoms with E-state index in [4.69, 9.17) is 4.74 Å². The lowest BCUT2D eigenvalue weighted by atomic mass is 9.97. The summed E-state index contributed by atoms with van der Waals surface area (Å²) in [5.74, 6) is -0.235. The number of carbonyl (C=O) groups excluding carboxylic acids is 1. The molecule has 1 amide bonds. The highest BCUT2D eigenvalue weighted by atomic mass is 16.5. The summed E-state index contributed by atoms with van der Waals surface area (Å²) in [6.07, 6.45) is 1.17. The van der Waals surface area contributed by atoms with Gasteiger partial charge in [-0.25, -0.2) is 4.79 Å². The van der Waals surface area contributed by atoms with Gasteiger partial charge in [0.05, 0.1) is 13.2 Å². The van der Waals surface area contributed by atoms with Gasteiger partial charge in [-0.3, -0.25) is 9.69 Å². The molecule has 2 aromatic rings. The van der Waals surface area contributed by atoms with Gasteiger partial charge in [0, 0.05) is 26.1 Å². The highest BCUT2D eigenvalue weighted by Crippen LogP contribution is 2.31. The second-order valence-corrected chi connectivity index (χ2v) is 7.41. The number of rotatable bonds is 5. The maximum absolute atomic E-state index is 13.2. The minimum atomic E-state index is -0.939. The van der Waals surface area contributed by atoms with Gasteiger partial charge in [-0.15, -0.1) is 0 Å². The fraction of sp³-hybridized carbons (Fsp3) is 0.364. The van der Waals surface area contributed by atoms with E-state index in [1.54, 1.807) is 7.11 Å². The lowest BCUT2D eigenvalue weighted by Crippen LogP contribution is -2.44. The molecule has 28 heavy (non-hydrogen) atoms. The number of hydrogen-bond acceptors (Lipinski definition) is 4. The van der Waals surface area contributed by atoms with Crippen molar-refractivity contribution in [1.82, 2.24) is 9.80 Å². The summed E-state index contributed by atoms with van der Waals surface area (Å²) in [6.45, 7) is 1.71. The van der Waals surface area contributed by atoms with Gasteiger partial charge in [-0.05, 0) is 35.2 Å². The van der Waals surface area contributed by atoms with Crippen molar-refractivity contribution in [2.24, 2.45) is 0 Å². The van der Waals surface area contributed by atoms with Crippen LogP contribution in [0.1, 0.15) is 23.1 Å². The topological polar surface area (TPSA) is 70.1 Å². The molecule has 0 radical (unpaired) electrons. The summed E-state index contributed by atoms with van der Waals surface area (Å²) < 4.78 is 5.32. The van der Waals surface area contributed by atoms with Crippen LogP contribution in [0.4, 0.5) is 0 Å². The second-order valence-electron chi connectivity index (χ2n) is 7.41. The summed E-state index contributed by atoms with van der Waals surface area (Å²) in [7, 11) is 1.64. The Hall–Kier alpha value is -2.86. The normalized spacial score (nSPS) is 22.2. The van der Waals surface area contributed by atoms with Crippen LogP contribution >= 0.6 is 0 Å². The summed E-state index contributed by atoms with van der Waals surface area (Å²) >= 11 is 0. The molecule has 2 heterocycles. The monoisotopic (exact) mass is 380 g/mol. The number of carbonyl (C=O) groups is 2. The lowest BCUT2D eigenvalue weighted by molar-refractivity contribution is -0.147. The first kappa shape index (κ1) is 18.5. The molecule has 2 atom stereocenters. The third-order valence-electron chi connectivity index (χ3n) is 5.77. The first-order valence-corrected chi connectivity index (χ1v) is 9.54. The number of fused-ring (bicyclic) bond motifs is 1. The lowest BCUT2D eigenvalue weighted by Gasteiger charge is -2.32. The van der Waals surface area contributed by atoms with Crippen LogP contribution in [0.5, 0.6) is 5.75 Å². The van der Waals surface area contributed by atoms with Gasteiger partial charge in [0.1, 0.15) is 11.8 Å². The third kappa shape index (κ3) is 3.47. The van der Waals surface area contributed by atoms with Crippen molar-refractivity contribution < 1.29 is 19.4 Å². The minimum absolute atomic E-state index is 0.0948. The molecule has 146 valence electrons. The molecule has 0 spiro atoms. The number of methoxy groups -OCH3 is 1. The molecule has 4 rings (SSSR count). The van der Waals surface area contributed by atoms with Crippen LogP contribution in [0.25, 0.3) is 0 Å². The van der Waals surface area contributed by atoms with Crippen molar-refractivity contribution in [3.63, 3.8) is 0 Å². The fourth-order valence-corrected chi connectivity index (χ4v) is 4.24. The molecule has 1 saturated heterocycles. The van der Waals surface area contributed by atoms with E-state index in [-0.39, 0.29) is 5.91 Å². The Morgan fingerprint density at radius 1 is 1.18 bits per heavy atom. The summed E-state index contributed by atoms with van der Waals surface area (Å²) in [5, 5.41) is 9.69. The predicted molar refractivity (Wildman–Crippen MR) is 104 cm³/mol. The van der Waals surface area contributed by atoms with Crippen molar-refractivity contribution in [1.29, 1.82) is 0 Å². The number of amides is 1. The van der Waals surface area contributed by atoms with Gasteiger partial charge < -0.3 is 14.7 Å². The molecule has 0 aliphatic carbocycles. The van der Waals surface area contributed by atoms with Crippen LogP contribution < -0.4 is 4.74 Å². The van der Waals surface area contributed by atoms with Crippen LogP contribution in [0.3, 0.4) is 0 Å². The van der Waals surface area contributed by atoms with Crippen LogP contribution in [0, 0.1) is 0 Å². The average molecular weight is 380 g/mol. The molecule has 2 aromatic carbocycles. The average Bonchev–Trinajstić information content (AvgIpc) is 3.04. The Kier molecular flexibility index (Phi) is 5.05. The summed E-state index contributed by atoms with van der Waals surface area (Å²) in [6, 6.07) is 14.4. The minimum Gasteiger partial charge on any atom is -0.497 e. The maximum Gasteiger partial charge on any atom is 0.326 e. The molecule has 0 bridgehead atoms. The number of benzene rings is 2. The van der Waals surface area contributed by atoms with Crippen molar-refractivity contribution in [3.05, 3.63) is 65.2 Å². The summed E-state index contributed by atoms with van der Waals surface area (Å²) in [5.41, 5.74) is 3.35. The van der Waals surface area contributed by atoms with E-state index >= 15 is 0 Å². The fourth-order valence-electron chi connectivity index (χ4n) is 4.24. The number of carboxylic acids is 1. The maximum atomic E-state index is 13.2. The van der Waals surface area contributed by atoms with Gasteiger partial charge in [-0.2, -0.15) is 0 Å². The Balaban J connectivity index is 1.55. The van der Waals surface area contributed by atoms with E-state index in [0.717, 1.165) is 29.8 Å². The van der Waals surface area contributed by atoms with E-state index in [1.165, 1.54) is 10.5 Å². The van der Waals surface area contributed by atoms with E-state index < -0.39 is 18.1 Å². The molecule has 0 aromatic heterocycles. The second kappa shape index (κ2) is 7.64. The van der Waals surface area contributed by atoms with Gasteiger partial charge in [0.2, 0.25) is 5.91 Å². The van der Waals surface area contributed by atoms with E-state index in [9.17, 15) is 14.7 Å². The molecular formula is C22H24N2O4. The number of hydrogen-bond donors (Lipinski definition) is 1. The number of ether oxygens (including phenoxy) is 1. The number of aliphatic carboxylic acids is 1. The molecule has 1 fully saturated rings. The first-order valence-electron chi connectivity index (χ1n) is 9.54. The molecule has 6 nitrogen and oxygen atoms in total. The van der Waals surface area contributed by atoms with Crippen LogP contribution in [0.15, 0.2) is 48.5 Å². The van der Waals surface area contributed by atoms with Crippen LogP contribution in [0.2, 0.25) is 0 Å². The molecular weight excluding hydrogens is 356 g/mol. The summed E-state index contributed by atoms with van der Waals surface area (Å²) in [4.78, 5) is 28.6. The highest BCUT2D eigenvalue weighted by molar-refractivity contribution is 5.91. The molecule has 2 aliphatic heterocycles. The Morgan fingerprint density at radius 3 is 2.68 bits per heavy atom. The zero-order chi connectivity index (χ0) is 19.7. The number of carboxylic acid groups (broad SMARTS) is 1. The number of likely N-dealkylation sites (tertiary alicyclic amines) is 1. The zero-order valence-electron chi connectivity index (χ0n) is 15.9. The number of nitrogens with zero attached hydrogens (tertiary/aromatic N) is 2. The predicted octanol–water partition coefficient (Wildman–Crippen LogP) is 2.31. The molecule has 1 N–H and O–H groups in total. The molecule has 0 unspecified atom stereocenters. The van der Waals surface area contributed by atoms with Crippen molar-refractivity contribution >= 4 is 11.9 Å². The molecule has 0 saturated carbocycles. The smallest absolute Gasteiger partial charge is 0.326 e. The van der Waals surface area contributed by atoms with Gasteiger partial charge in [-0.1, -0.05) is 36.4 Å². The molecule has 2 aliphatic rings. The van der Waals surface area contributed by atoms with Gasteiger partial charge in [0.15, 0.2) is 0 Å². The SMILES string of the molecule is COc1ccc2c(c1)CN([C@@H]1C[C@H](C(=O)O)N(Cc3ccccc3)C1=O)CC2. The first-order chi connectivity index (χ1) is 13.6.